The number of aliphatic carboxylic acids is 1. The second-order valence-electron chi connectivity index (χ2n) is 10.2. The molecule has 0 spiro atoms. The van der Waals surface area contributed by atoms with Crippen molar-refractivity contribution in [1.29, 1.82) is 0 Å². The summed E-state index contributed by atoms with van der Waals surface area (Å²) in [5, 5.41) is 17.2. The monoisotopic (exact) mass is 646 g/mol. The Balaban J connectivity index is -0.000000653. The van der Waals surface area contributed by atoms with Crippen LogP contribution in [0.3, 0.4) is 0 Å². The Bertz CT molecular complexity index is 744. The summed E-state index contributed by atoms with van der Waals surface area (Å²) in [7, 11) is 6.28. The zero-order chi connectivity index (χ0) is 34.9. The van der Waals surface area contributed by atoms with E-state index in [-0.39, 0.29) is 75.4 Å². The third-order valence-electron chi connectivity index (χ3n) is 6.42. The van der Waals surface area contributed by atoms with E-state index >= 15 is 0 Å². The Morgan fingerprint density at radius 2 is 1.16 bits per heavy atom. The van der Waals surface area contributed by atoms with Gasteiger partial charge in [0.2, 0.25) is 0 Å². The van der Waals surface area contributed by atoms with E-state index in [1.165, 1.54) is 0 Å². The molecule has 6 atom stereocenters. The molecule has 0 aromatic rings. The van der Waals surface area contributed by atoms with Crippen molar-refractivity contribution < 1.29 is 53.0 Å². The summed E-state index contributed by atoms with van der Waals surface area (Å²) in [6, 6.07) is 0. The fraction of sp³-hybridized carbons (Fsp3) is 0.706. The number of carboxylic acids is 1. The number of allylic oxidation sites excluding steroid dienone is 2. The molecule has 0 fully saturated rings. The van der Waals surface area contributed by atoms with Crippen LogP contribution in [0.1, 0.15) is 65.2 Å². The number of methoxy groups -OCH3 is 4. The summed E-state index contributed by atoms with van der Waals surface area (Å²) in [4.78, 5) is 21.6. The minimum absolute atomic E-state index is 0.0203. The van der Waals surface area contributed by atoms with Gasteiger partial charge < -0.3 is 43.4 Å². The molecule has 0 radical (unpaired) electrons. The molecule has 45 heavy (non-hydrogen) atoms. The first-order valence-corrected chi connectivity index (χ1v) is 15.3. The minimum atomic E-state index is -0.709. The van der Waals surface area contributed by atoms with Crippen LogP contribution in [0.5, 0.6) is 0 Å². The summed E-state index contributed by atoms with van der Waals surface area (Å²) in [6.07, 6.45) is 12.0. The Morgan fingerprint density at radius 3 is 1.51 bits per heavy atom. The predicted molar refractivity (Wildman–Crippen MR) is 177 cm³/mol. The van der Waals surface area contributed by atoms with Crippen molar-refractivity contribution in [3.63, 3.8) is 0 Å². The molecule has 0 saturated heterocycles. The maximum Gasteiger partial charge on any atom is 0.305 e. The molecule has 0 aliphatic heterocycles. The first kappa shape index (κ1) is 47.0. The number of ether oxygens (including phenoxy) is 7. The fourth-order valence-corrected chi connectivity index (χ4v) is 3.81. The third kappa shape index (κ3) is 27.6. The molecule has 0 aliphatic carbocycles. The van der Waals surface area contributed by atoms with Crippen LogP contribution in [0.2, 0.25) is 0 Å². The highest BCUT2D eigenvalue weighted by molar-refractivity contribution is 5.69. The molecule has 11 heteroatoms. The van der Waals surface area contributed by atoms with Gasteiger partial charge in [-0.25, -0.2) is 0 Å². The Morgan fingerprint density at radius 1 is 0.711 bits per heavy atom. The lowest BCUT2D eigenvalue weighted by Gasteiger charge is -2.28. The normalized spacial score (nSPS) is 14.5. The van der Waals surface area contributed by atoms with E-state index in [9.17, 15) is 9.59 Å². The summed E-state index contributed by atoms with van der Waals surface area (Å²) in [5.74, 6) is -0.948. The SMILES string of the molecule is C=CCCCCC(=O)O.C=CCCCCC(=O)OC[C@@H](C)[C@H](OCOC)[C@H](C=C)OC.C=C[C@H](OC)[C@@H](OCOC)[C@H](C)CO. The molecular weight excluding hydrogens is 584 g/mol. The van der Waals surface area contributed by atoms with Crippen LogP contribution in [-0.4, -0.2) is 102 Å². The number of rotatable bonds is 27. The van der Waals surface area contributed by atoms with Gasteiger partial charge in [0.25, 0.3) is 0 Å². The van der Waals surface area contributed by atoms with E-state index in [1.807, 2.05) is 26.0 Å². The maximum atomic E-state index is 11.7. The lowest BCUT2D eigenvalue weighted by Crippen LogP contribution is -2.38. The Labute approximate surface area is 272 Å². The van der Waals surface area contributed by atoms with Crippen LogP contribution >= 0.6 is 0 Å². The molecule has 0 aromatic carbocycles. The Kier molecular flexibility index (Phi) is 36.0. The van der Waals surface area contributed by atoms with Gasteiger partial charge in [-0.3, -0.25) is 9.59 Å². The molecule has 11 nitrogen and oxygen atoms in total. The largest absolute Gasteiger partial charge is 0.481 e. The first-order chi connectivity index (χ1) is 21.6. The summed E-state index contributed by atoms with van der Waals surface area (Å²) in [5.41, 5.74) is 0. The lowest BCUT2D eigenvalue weighted by atomic mass is 10.0. The first-order valence-electron chi connectivity index (χ1n) is 15.3. The lowest BCUT2D eigenvalue weighted by molar-refractivity contribution is -0.154. The molecule has 264 valence electrons. The fourth-order valence-electron chi connectivity index (χ4n) is 3.81. The molecule has 0 rings (SSSR count). The highest BCUT2D eigenvalue weighted by atomic mass is 16.7. The van der Waals surface area contributed by atoms with Crippen LogP contribution in [0.25, 0.3) is 0 Å². The number of carboxylic acid groups (broad SMARTS) is 1. The van der Waals surface area contributed by atoms with Crippen LogP contribution in [-0.2, 0) is 42.7 Å². The van der Waals surface area contributed by atoms with Gasteiger partial charge in [0.05, 0.1) is 18.8 Å². The van der Waals surface area contributed by atoms with Crippen molar-refractivity contribution in [1.82, 2.24) is 0 Å². The van der Waals surface area contributed by atoms with Gasteiger partial charge in [0.15, 0.2) is 0 Å². The molecule has 0 saturated carbocycles. The van der Waals surface area contributed by atoms with Crippen molar-refractivity contribution in [3.05, 3.63) is 50.6 Å². The van der Waals surface area contributed by atoms with Gasteiger partial charge in [0, 0.05) is 59.7 Å². The minimum Gasteiger partial charge on any atom is -0.481 e. The van der Waals surface area contributed by atoms with Crippen molar-refractivity contribution in [3.8, 4) is 0 Å². The number of hydrogen-bond acceptors (Lipinski definition) is 10. The van der Waals surface area contributed by atoms with Crippen LogP contribution in [0, 0.1) is 11.8 Å². The Hall–Kier alpha value is -2.38. The molecule has 0 unspecified atom stereocenters. The molecule has 0 bridgehead atoms. The average Bonchev–Trinajstić information content (AvgIpc) is 3.04. The van der Waals surface area contributed by atoms with Crippen LogP contribution in [0.4, 0.5) is 0 Å². The van der Waals surface area contributed by atoms with Gasteiger partial charge in [-0.15, -0.1) is 26.3 Å². The molecule has 0 aromatic heterocycles. The number of carbonyl (C=O) groups is 2. The van der Waals surface area contributed by atoms with E-state index in [2.05, 4.69) is 26.3 Å². The highest BCUT2D eigenvalue weighted by Gasteiger charge is 2.27. The second-order valence-corrected chi connectivity index (χ2v) is 10.2. The van der Waals surface area contributed by atoms with E-state index in [1.54, 1.807) is 40.6 Å². The van der Waals surface area contributed by atoms with Gasteiger partial charge in [0.1, 0.15) is 25.8 Å². The quantitative estimate of drug-likeness (QED) is 0.0490. The predicted octanol–water partition coefficient (Wildman–Crippen LogP) is 5.72. The third-order valence-corrected chi connectivity index (χ3v) is 6.42. The van der Waals surface area contributed by atoms with Gasteiger partial charge >= 0.3 is 11.9 Å². The number of unbranched alkanes of at least 4 members (excludes halogenated alkanes) is 4. The van der Waals surface area contributed by atoms with Gasteiger partial charge in [-0.05, 0) is 38.5 Å². The van der Waals surface area contributed by atoms with Crippen molar-refractivity contribution in [2.45, 2.75) is 89.6 Å². The maximum absolute atomic E-state index is 11.7. The number of hydrogen-bond donors (Lipinski definition) is 2. The molecule has 2 N–H and O–H groups in total. The van der Waals surface area contributed by atoms with Gasteiger partial charge in [-0.1, -0.05) is 38.2 Å². The van der Waals surface area contributed by atoms with Gasteiger partial charge in [-0.2, -0.15) is 0 Å². The number of carbonyl (C=O) groups excluding carboxylic acids is 1. The molecule has 0 amide bonds. The number of aliphatic hydroxyl groups is 1. The summed E-state index contributed by atoms with van der Waals surface area (Å²) >= 11 is 0. The van der Waals surface area contributed by atoms with E-state index in [0.29, 0.717) is 6.42 Å². The van der Waals surface area contributed by atoms with Crippen molar-refractivity contribution in [2.75, 3.05) is 55.2 Å². The van der Waals surface area contributed by atoms with Crippen molar-refractivity contribution in [2.24, 2.45) is 11.8 Å². The highest BCUT2D eigenvalue weighted by Crippen LogP contribution is 2.17. The standard InChI is InChI=1S/C17H30O5.C10H20O4.C7H12O2/c1-6-8-9-10-11-16(18)21-12-14(3)17(22-13-19-4)15(7-2)20-5;1-5-9(13-4)10(8(2)6-11)14-7-12-3;1-2-3-4-5-6-7(8)9/h6-7,14-15,17H,1-2,8-13H2,3-5H3;5,8-11H,1,6-7H2,2-4H3;2H,1,3-6H2,(H,8,9)/t14-,15+,17+;8-,9+,10+;/m11./s1. The van der Waals surface area contributed by atoms with Crippen LogP contribution in [0.15, 0.2) is 50.6 Å². The van der Waals surface area contributed by atoms with Crippen LogP contribution < -0.4 is 0 Å². The topological polar surface area (TPSA) is 139 Å². The molecule has 0 heterocycles. The zero-order valence-corrected chi connectivity index (χ0v) is 28.7. The molecular formula is C34H62O11. The molecule has 0 aliphatic rings. The average molecular weight is 647 g/mol. The van der Waals surface area contributed by atoms with Crippen molar-refractivity contribution >= 4 is 11.9 Å². The zero-order valence-electron chi connectivity index (χ0n) is 28.7. The summed E-state index contributed by atoms with van der Waals surface area (Å²) in [6.45, 7) is 19.1. The smallest absolute Gasteiger partial charge is 0.305 e. The van der Waals surface area contributed by atoms with E-state index < -0.39 is 5.97 Å². The van der Waals surface area contributed by atoms with E-state index in [4.69, 9.17) is 43.4 Å². The second kappa shape index (κ2) is 34.5. The van der Waals surface area contributed by atoms with E-state index in [0.717, 1.165) is 38.5 Å². The number of aliphatic hydroxyl groups excluding tert-OH is 1. The summed E-state index contributed by atoms with van der Waals surface area (Å²) < 4.78 is 36.6. The number of esters is 1.